The lowest BCUT2D eigenvalue weighted by Gasteiger charge is -2.38. The molecule has 1 unspecified atom stereocenters. The van der Waals surface area contributed by atoms with Gasteiger partial charge in [-0.3, -0.25) is 4.79 Å². The molecule has 0 bridgehead atoms. The SMILES string of the molecule is Cc1nc(CC2CCN(C(=O)C3CN(C)c4ccccc4O3)CC2)no1. The molecule has 0 spiro atoms. The zero-order valence-corrected chi connectivity index (χ0v) is 15.2. The van der Waals surface area contributed by atoms with Gasteiger partial charge in [-0.15, -0.1) is 0 Å². The molecule has 138 valence electrons. The maximum atomic E-state index is 12.9. The van der Waals surface area contributed by atoms with Crippen LogP contribution in [0.3, 0.4) is 0 Å². The highest BCUT2D eigenvalue weighted by atomic mass is 16.5. The van der Waals surface area contributed by atoms with Gasteiger partial charge in [0.05, 0.1) is 12.2 Å². The van der Waals surface area contributed by atoms with Crippen LogP contribution in [0.2, 0.25) is 0 Å². The Hall–Kier alpha value is -2.57. The molecule has 1 atom stereocenters. The van der Waals surface area contributed by atoms with Crippen molar-refractivity contribution in [1.29, 1.82) is 0 Å². The fourth-order valence-electron chi connectivity index (χ4n) is 3.78. The summed E-state index contributed by atoms with van der Waals surface area (Å²) in [6.45, 7) is 3.89. The first kappa shape index (κ1) is 16.9. The first-order valence-electron chi connectivity index (χ1n) is 9.15. The average molecular weight is 356 g/mol. The second-order valence-corrected chi connectivity index (χ2v) is 7.16. The Kier molecular flexibility index (Phi) is 4.53. The Morgan fingerprint density at radius 1 is 1.27 bits per heavy atom. The van der Waals surface area contributed by atoms with E-state index in [1.807, 2.05) is 36.2 Å². The second-order valence-electron chi connectivity index (χ2n) is 7.16. The lowest BCUT2D eigenvalue weighted by atomic mass is 9.93. The predicted octanol–water partition coefficient (Wildman–Crippen LogP) is 2.06. The number of likely N-dealkylation sites (N-methyl/N-ethyl adjacent to an activating group) is 1. The molecule has 0 saturated carbocycles. The third-order valence-electron chi connectivity index (χ3n) is 5.23. The van der Waals surface area contributed by atoms with Crippen LogP contribution in [0.5, 0.6) is 5.75 Å². The number of piperidine rings is 1. The highest BCUT2D eigenvalue weighted by Gasteiger charge is 2.34. The number of amides is 1. The highest BCUT2D eigenvalue weighted by Crippen LogP contribution is 2.32. The number of benzene rings is 1. The molecule has 1 saturated heterocycles. The Balaban J connectivity index is 1.34. The van der Waals surface area contributed by atoms with E-state index in [2.05, 4.69) is 15.0 Å². The number of aryl methyl sites for hydroxylation is 1. The summed E-state index contributed by atoms with van der Waals surface area (Å²) in [5.41, 5.74) is 1.03. The molecule has 4 rings (SSSR count). The number of carbonyl (C=O) groups is 1. The molecule has 26 heavy (non-hydrogen) atoms. The molecule has 1 aromatic carbocycles. The first-order valence-corrected chi connectivity index (χ1v) is 9.15. The van der Waals surface area contributed by atoms with Crippen LogP contribution in [0.1, 0.15) is 24.6 Å². The number of aromatic nitrogens is 2. The van der Waals surface area contributed by atoms with Gasteiger partial charge in [0.25, 0.3) is 5.91 Å². The number of rotatable bonds is 3. The van der Waals surface area contributed by atoms with Crippen LogP contribution in [0, 0.1) is 12.8 Å². The van der Waals surface area contributed by atoms with Crippen molar-refractivity contribution in [1.82, 2.24) is 15.0 Å². The number of hydrogen-bond acceptors (Lipinski definition) is 6. The van der Waals surface area contributed by atoms with Gasteiger partial charge in [0.15, 0.2) is 11.9 Å². The minimum Gasteiger partial charge on any atom is -0.477 e. The number of anilines is 1. The molecule has 2 aliphatic heterocycles. The van der Waals surface area contributed by atoms with Gasteiger partial charge in [-0.25, -0.2) is 0 Å². The van der Waals surface area contributed by atoms with Crippen molar-refractivity contribution in [3.8, 4) is 5.75 Å². The van der Waals surface area contributed by atoms with Gasteiger partial charge in [0.1, 0.15) is 5.75 Å². The molecule has 7 nitrogen and oxygen atoms in total. The molecule has 3 heterocycles. The zero-order valence-electron chi connectivity index (χ0n) is 15.2. The van der Waals surface area contributed by atoms with Crippen LogP contribution in [0.4, 0.5) is 5.69 Å². The number of carbonyl (C=O) groups excluding carboxylic acids is 1. The van der Waals surface area contributed by atoms with Gasteiger partial charge in [-0.1, -0.05) is 17.3 Å². The molecule has 2 aromatic rings. The highest BCUT2D eigenvalue weighted by molar-refractivity contribution is 5.83. The van der Waals surface area contributed by atoms with Crippen LogP contribution >= 0.6 is 0 Å². The van der Waals surface area contributed by atoms with Gasteiger partial charge in [0.2, 0.25) is 5.89 Å². The quantitative estimate of drug-likeness (QED) is 0.838. The number of hydrogen-bond donors (Lipinski definition) is 0. The first-order chi connectivity index (χ1) is 12.6. The van der Waals surface area contributed by atoms with Crippen LogP contribution in [-0.4, -0.2) is 53.7 Å². The number of fused-ring (bicyclic) bond motifs is 1. The molecule has 0 N–H and O–H groups in total. The molecule has 2 aliphatic rings. The van der Waals surface area contributed by atoms with Gasteiger partial charge in [-0.05, 0) is 30.9 Å². The normalized spacial score (nSPS) is 20.6. The summed E-state index contributed by atoms with van der Waals surface area (Å²) in [5.74, 6) is 2.72. The smallest absolute Gasteiger partial charge is 0.265 e. The maximum Gasteiger partial charge on any atom is 0.265 e. The lowest BCUT2D eigenvalue weighted by Crippen LogP contribution is -2.51. The van der Waals surface area contributed by atoms with E-state index in [4.69, 9.17) is 9.26 Å². The van der Waals surface area contributed by atoms with Crippen molar-refractivity contribution in [2.45, 2.75) is 32.3 Å². The fourth-order valence-corrected chi connectivity index (χ4v) is 3.78. The average Bonchev–Trinajstić information content (AvgIpc) is 3.06. The topological polar surface area (TPSA) is 71.7 Å². The van der Waals surface area contributed by atoms with Crippen molar-refractivity contribution in [2.24, 2.45) is 5.92 Å². The van der Waals surface area contributed by atoms with E-state index in [-0.39, 0.29) is 5.91 Å². The number of ether oxygens (including phenoxy) is 1. The largest absolute Gasteiger partial charge is 0.477 e. The van der Waals surface area contributed by atoms with Crippen molar-refractivity contribution in [3.05, 3.63) is 36.0 Å². The Bertz CT molecular complexity index is 783. The molecule has 1 amide bonds. The summed E-state index contributed by atoms with van der Waals surface area (Å²) in [7, 11) is 2.00. The second kappa shape index (κ2) is 6.97. The minimum atomic E-state index is -0.439. The van der Waals surface area contributed by atoms with E-state index in [0.717, 1.165) is 49.6 Å². The van der Waals surface area contributed by atoms with E-state index < -0.39 is 6.10 Å². The summed E-state index contributed by atoms with van der Waals surface area (Å²) in [5, 5.41) is 3.97. The Labute approximate surface area is 152 Å². The van der Waals surface area contributed by atoms with Crippen LogP contribution in [0.25, 0.3) is 0 Å². The van der Waals surface area contributed by atoms with Gasteiger partial charge in [-0.2, -0.15) is 4.98 Å². The van der Waals surface area contributed by atoms with Crippen LogP contribution < -0.4 is 9.64 Å². The molecule has 0 radical (unpaired) electrons. The van der Waals surface area contributed by atoms with Crippen molar-refractivity contribution >= 4 is 11.6 Å². The van der Waals surface area contributed by atoms with Crippen molar-refractivity contribution in [3.63, 3.8) is 0 Å². The van der Waals surface area contributed by atoms with Crippen LogP contribution in [-0.2, 0) is 11.2 Å². The van der Waals surface area contributed by atoms with E-state index in [1.54, 1.807) is 6.92 Å². The number of likely N-dealkylation sites (tertiary alicyclic amines) is 1. The van der Waals surface area contributed by atoms with E-state index in [1.165, 1.54) is 0 Å². The summed E-state index contributed by atoms with van der Waals surface area (Å²) in [6, 6.07) is 7.85. The maximum absolute atomic E-state index is 12.9. The third kappa shape index (κ3) is 3.38. The number of para-hydroxylation sites is 2. The lowest BCUT2D eigenvalue weighted by molar-refractivity contribution is -0.140. The van der Waals surface area contributed by atoms with Crippen molar-refractivity contribution in [2.75, 3.05) is 31.6 Å². The summed E-state index contributed by atoms with van der Waals surface area (Å²) >= 11 is 0. The number of nitrogens with zero attached hydrogens (tertiary/aromatic N) is 4. The molecular weight excluding hydrogens is 332 g/mol. The monoisotopic (exact) mass is 356 g/mol. The Morgan fingerprint density at radius 3 is 2.77 bits per heavy atom. The van der Waals surface area contributed by atoms with E-state index in [0.29, 0.717) is 18.4 Å². The predicted molar refractivity (Wildman–Crippen MR) is 96.2 cm³/mol. The van der Waals surface area contributed by atoms with E-state index in [9.17, 15) is 4.79 Å². The van der Waals surface area contributed by atoms with Crippen molar-refractivity contribution < 1.29 is 14.1 Å². The summed E-state index contributed by atoms with van der Waals surface area (Å²) in [6.07, 6.45) is 2.29. The van der Waals surface area contributed by atoms with E-state index >= 15 is 0 Å². The fraction of sp³-hybridized carbons (Fsp3) is 0.526. The standard InChI is InChI=1S/C19H24N4O3/c1-13-20-18(21-26-13)11-14-7-9-23(10-8-14)19(24)17-12-22(2)15-5-3-4-6-16(15)25-17/h3-6,14,17H,7-12H2,1-2H3. The van der Waals surface area contributed by atoms with Gasteiger partial charge in [0, 0.05) is 33.5 Å². The molecule has 1 fully saturated rings. The Morgan fingerprint density at radius 2 is 2.04 bits per heavy atom. The van der Waals surface area contributed by atoms with Crippen LogP contribution in [0.15, 0.2) is 28.8 Å². The third-order valence-corrected chi connectivity index (χ3v) is 5.23. The molecule has 0 aliphatic carbocycles. The zero-order chi connectivity index (χ0) is 18.1. The summed E-state index contributed by atoms with van der Waals surface area (Å²) < 4.78 is 11.0. The molecular formula is C19H24N4O3. The molecule has 1 aromatic heterocycles. The minimum absolute atomic E-state index is 0.0835. The summed E-state index contributed by atoms with van der Waals surface area (Å²) in [4.78, 5) is 21.2. The van der Waals surface area contributed by atoms with Gasteiger partial charge < -0.3 is 19.1 Å². The van der Waals surface area contributed by atoms with Gasteiger partial charge >= 0.3 is 0 Å². The molecule has 7 heteroatoms.